The molecule has 0 radical (unpaired) electrons. The molecule has 1 atom stereocenters. The predicted molar refractivity (Wildman–Crippen MR) is 84.5 cm³/mol. The van der Waals surface area contributed by atoms with Crippen LogP contribution in [0.4, 0.5) is 5.69 Å². The van der Waals surface area contributed by atoms with Gasteiger partial charge in [0.1, 0.15) is 0 Å². The van der Waals surface area contributed by atoms with Gasteiger partial charge in [-0.15, -0.1) is 0 Å². The highest BCUT2D eigenvalue weighted by Gasteiger charge is 2.20. The van der Waals surface area contributed by atoms with Crippen molar-refractivity contribution in [2.24, 2.45) is 0 Å². The Morgan fingerprint density at radius 2 is 2.10 bits per heavy atom. The Morgan fingerprint density at radius 1 is 1.29 bits per heavy atom. The third-order valence-electron chi connectivity index (χ3n) is 3.88. The average molecular weight is 288 g/mol. The van der Waals surface area contributed by atoms with Crippen LogP contribution in [0, 0.1) is 0 Å². The Morgan fingerprint density at radius 3 is 2.81 bits per heavy atom. The minimum atomic E-state index is -0.0477. The maximum Gasteiger partial charge on any atom is 0.251 e. The molecule has 1 aromatic rings. The van der Waals surface area contributed by atoms with E-state index < -0.39 is 0 Å². The van der Waals surface area contributed by atoms with Crippen molar-refractivity contribution in [3.63, 3.8) is 0 Å². The molecule has 2 amide bonds. The second kappa shape index (κ2) is 7.25. The molecule has 0 saturated carbocycles. The second-order valence-electron chi connectivity index (χ2n) is 5.70. The van der Waals surface area contributed by atoms with E-state index in [1.54, 1.807) is 12.1 Å². The molecule has 1 unspecified atom stereocenters. The summed E-state index contributed by atoms with van der Waals surface area (Å²) in [5.41, 5.74) is 2.36. The summed E-state index contributed by atoms with van der Waals surface area (Å²) in [7, 11) is 0. The lowest BCUT2D eigenvalue weighted by molar-refractivity contribution is -0.115. The second-order valence-corrected chi connectivity index (χ2v) is 5.70. The fourth-order valence-corrected chi connectivity index (χ4v) is 2.71. The first-order valence-corrected chi connectivity index (χ1v) is 7.87. The number of nitrogens with one attached hydrogen (secondary N) is 2. The molecule has 0 bridgehead atoms. The zero-order chi connectivity index (χ0) is 15.2. The number of fused-ring (bicyclic) bond motifs is 1. The van der Waals surface area contributed by atoms with E-state index in [-0.39, 0.29) is 17.9 Å². The number of rotatable bonds is 7. The molecule has 114 valence electrons. The SMILES string of the molecule is CCCCC(CCC)NC(=O)c1ccc2c(c1)NC(=O)C2. The summed E-state index contributed by atoms with van der Waals surface area (Å²) in [6, 6.07) is 5.68. The predicted octanol–water partition coefficient (Wildman–Crippen LogP) is 3.27. The quantitative estimate of drug-likeness (QED) is 0.809. The number of hydrogen-bond donors (Lipinski definition) is 2. The van der Waals surface area contributed by atoms with Crippen molar-refractivity contribution in [3.8, 4) is 0 Å². The number of carbonyl (C=O) groups excluding carboxylic acids is 2. The Hall–Kier alpha value is -1.84. The zero-order valence-corrected chi connectivity index (χ0v) is 12.9. The van der Waals surface area contributed by atoms with Gasteiger partial charge in [-0.3, -0.25) is 9.59 Å². The summed E-state index contributed by atoms with van der Waals surface area (Å²) in [5, 5.41) is 5.91. The van der Waals surface area contributed by atoms with Gasteiger partial charge in [-0.05, 0) is 30.5 Å². The molecule has 21 heavy (non-hydrogen) atoms. The van der Waals surface area contributed by atoms with Crippen molar-refractivity contribution in [3.05, 3.63) is 29.3 Å². The van der Waals surface area contributed by atoms with Crippen LogP contribution in [0.5, 0.6) is 0 Å². The molecule has 0 aromatic heterocycles. The van der Waals surface area contributed by atoms with Crippen LogP contribution in [-0.2, 0) is 11.2 Å². The molecule has 4 nitrogen and oxygen atoms in total. The van der Waals surface area contributed by atoms with Gasteiger partial charge in [0.05, 0.1) is 6.42 Å². The maximum absolute atomic E-state index is 12.4. The van der Waals surface area contributed by atoms with Gasteiger partial charge < -0.3 is 10.6 Å². The maximum atomic E-state index is 12.4. The van der Waals surface area contributed by atoms with Crippen LogP contribution in [0.2, 0.25) is 0 Å². The molecule has 0 aliphatic carbocycles. The highest BCUT2D eigenvalue weighted by Crippen LogP contribution is 2.24. The Balaban J connectivity index is 2.02. The van der Waals surface area contributed by atoms with Crippen LogP contribution >= 0.6 is 0 Å². The average Bonchev–Trinajstić information content (AvgIpc) is 2.83. The highest BCUT2D eigenvalue weighted by atomic mass is 16.2. The summed E-state index contributed by atoms with van der Waals surface area (Å²) in [4.78, 5) is 23.7. The lowest BCUT2D eigenvalue weighted by Crippen LogP contribution is -2.34. The summed E-state index contributed by atoms with van der Waals surface area (Å²) in [6.07, 6.45) is 5.78. The zero-order valence-electron chi connectivity index (χ0n) is 12.9. The third-order valence-corrected chi connectivity index (χ3v) is 3.88. The smallest absolute Gasteiger partial charge is 0.251 e. The molecule has 4 heteroatoms. The number of benzene rings is 1. The minimum absolute atomic E-state index is 0.00522. The topological polar surface area (TPSA) is 58.2 Å². The van der Waals surface area contributed by atoms with Crippen molar-refractivity contribution in [2.75, 3.05) is 5.32 Å². The molecule has 0 fully saturated rings. The fourth-order valence-electron chi connectivity index (χ4n) is 2.71. The van der Waals surface area contributed by atoms with E-state index in [0.29, 0.717) is 12.0 Å². The van der Waals surface area contributed by atoms with E-state index in [1.165, 1.54) is 0 Å². The number of unbranched alkanes of at least 4 members (excludes halogenated alkanes) is 1. The largest absolute Gasteiger partial charge is 0.349 e. The standard InChI is InChI=1S/C17H24N2O2/c1-3-5-7-14(6-4-2)18-17(21)13-9-8-12-11-16(20)19-15(12)10-13/h8-10,14H,3-7,11H2,1-2H3,(H,18,21)(H,19,20). The van der Waals surface area contributed by atoms with Crippen LogP contribution in [-0.4, -0.2) is 17.9 Å². The van der Waals surface area contributed by atoms with Gasteiger partial charge in [0.15, 0.2) is 0 Å². The lowest BCUT2D eigenvalue weighted by Gasteiger charge is -2.18. The van der Waals surface area contributed by atoms with Gasteiger partial charge in [0.2, 0.25) is 5.91 Å². The number of hydrogen-bond acceptors (Lipinski definition) is 2. The van der Waals surface area contributed by atoms with Crippen LogP contribution in [0.1, 0.15) is 61.9 Å². The van der Waals surface area contributed by atoms with E-state index in [0.717, 1.165) is 43.4 Å². The van der Waals surface area contributed by atoms with Crippen molar-refractivity contribution >= 4 is 17.5 Å². The van der Waals surface area contributed by atoms with Crippen molar-refractivity contribution in [1.82, 2.24) is 5.32 Å². The molecule has 2 N–H and O–H groups in total. The van der Waals surface area contributed by atoms with Gasteiger partial charge in [-0.2, -0.15) is 0 Å². The van der Waals surface area contributed by atoms with Gasteiger partial charge in [-0.1, -0.05) is 39.2 Å². The van der Waals surface area contributed by atoms with E-state index >= 15 is 0 Å². The summed E-state index contributed by atoms with van der Waals surface area (Å²) < 4.78 is 0. The van der Waals surface area contributed by atoms with E-state index in [2.05, 4.69) is 24.5 Å². The van der Waals surface area contributed by atoms with Crippen LogP contribution in [0.15, 0.2) is 18.2 Å². The number of amides is 2. The monoisotopic (exact) mass is 288 g/mol. The Labute approximate surface area is 126 Å². The number of carbonyl (C=O) groups is 2. The molecule has 0 saturated heterocycles. The van der Waals surface area contributed by atoms with Crippen LogP contribution in [0.3, 0.4) is 0 Å². The molecule has 0 spiro atoms. The van der Waals surface area contributed by atoms with Crippen molar-refractivity contribution < 1.29 is 9.59 Å². The first kappa shape index (κ1) is 15.5. The Kier molecular flexibility index (Phi) is 5.37. The van der Waals surface area contributed by atoms with Gasteiger partial charge in [0.25, 0.3) is 5.91 Å². The molecular formula is C17H24N2O2. The minimum Gasteiger partial charge on any atom is -0.349 e. The summed E-state index contributed by atoms with van der Waals surface area (Å²) in [6.45, 7) is 4.30. The van der Waals surface area contributed by atoms with Crippen molar-refractivity contribution in [2.45, 2.75) is 58.4 Å². The number of anilines is 1. The normalized spacial score (nSPS) is 14.5. The molecule has 1 heterocycles. The fraction of sp³-hybridized carbons (Fsp3) is 0.529. The van der Waals surface area contributed by atoms with E-state index in [4.69, 9.17) is 0 Å². The van der Waals surface area contributed by atoms with E-state index in [9.17, 15) is 9.59 Å². The lowest BCUT2D eigenvalue weighted by atomic mass is 10.0. The van der Waals surface area contributed by atoms with Crippen LogP contribution in [0.25, 0.3) is 0 Å². The van der Waals surface area contributed by atoms with E-state index in [1.807, 2.05) is 6.07 Å². The first-order valence-electron chi connectivity index (χ1n) is 7.87. The van der Waals surface area contributed by atoms with Crippen LogP contribution < -0.4 is 10.6 Å². The van der Waals surface area contributed by atoms with Crippen molar-refractivity contribution in [1.29, 1.82) is 0 Å². The summed E-state index contributed by atoms with van der Waals surface area (Å²) in [5.74, 6) is -0.0529. The summed E-state index contributed by atoms with van der Waals surface area (Å²) >= 11 is 0. The molecular weight excluding hydrogens is 264 g/mol. The molecule has 1 aromatic carbocycles. The molecule has 2 rings (SSSR count). The molecule has 1 aliphatic rings. The Bertz CT molecular complexity index is 526. The van der Waals surface area contributed by atoms with Gasteiger partial charge >= 0.3 is 0 Å². The highest BCUT2D eigenvalue weighted by molar-refractivity contribution is 6.02. The third kappa shape index (κ3) is 4.06. The molecule has 1 aliphatic heterocycles. The van der Waals surface area contributed by atoms with Gasteiger partial charge in [-0.25, -0.2) is 0 Å². The first-order chi connectivity index (χ1) is 10.1. The van der Waals surface area contributed by atoms with Gasteiger partial charge in [0, 0.05) is 17.3 Å².